The number of carbonyl (C=O) groups excluding carboxylic acids is 1. The predicted octanol–water partition coefficient (Wildman–Crippen LogP) is 5.56. The Morgan fingerprint density at radius 3 is 1.69 bits per heavy atom. The Hall–Kier alpha value is -2.96. The first kappa shape index (κ1) is 25.3. The predicted molar refractivity (Wildman–Crippen MR) is 92.9 cm³/mol. The fourth-order valence-electron chi connectivity index (χ4n) is 2.77. The molecule has 32 heavy (non-hydrogen) atoms. The minimum Gasteiger partial charge on any atom is -0.406 e. The van der Waals surface area contributed by atoms with Gasteiger partial charge in [-0.1, -0.05) is 12.1 Å². The molecule has 0 saturated heterocycles. The Bertz CT molecular complexity index is 919. The molecule has 0 heterocycles. The first-order chi connectivity index (χ1) is 14.5. The molecule has 0 spiro atoms. The second-order valence-electron chi connectivity index (χ2n) is 6.37. The smallest absolute Gasteiger partial charge is 0.406 e. The van der Waals surface area contributed by atoms with Gasteiger partial charge in [0.15, 0.2) is 0 Å². The van der Waals surface area contributed by atoms with E-state index in [0.717, 1.165) is 41.3 Å². The van der Waals surface area contributed by atoms with Gasteiger partial charge in [0.25, 0.3) is 11.5 Å². The highest BCUT2D eigenvalue weighted by molar-refractivity contribution is 6.06. The summed E-state index contributed by atoms with van der Waals surface area (Å²) in [5.74, 6) is -1.39. The second kappa shape index (κ2) is 8.52. The Balaban J connectivity index is 2.33. The van der Waals surface area contributed by atoms with Gasteiger partial charge in [0, 0.05) is 23.4 Å². The number of anilines is 1. The molecule has 0 radical (unpaired) electrons. The number of benzene rings is 2. The molecule has 2 rings (SSSR count). The number of hydrogen-bond donors (Lipinski definition) is 1. The Morgan fingerprint density at radius 2 is 1.31 bits per heavy atom. The van der Waals surface area contributed by atoms with Gasteiger partial charge in [-0.2, -0.15) is 26.3 Å². The van der Waals surface area contributed by atoms with Crippen LogP contribution in [0.2, 0.25) is 0 Å². The number of amides is 1. The molecule has 176 valence electrons. The van der Waals surface area contributed by atoms with Crippen molar-refractivity contribution in [3.05, 3.63) is 59.7 Å². The maximum atomic E-state index is 13.0. The van der Waals surface area contributed by atoms with Crippen molar-refractivity contribution in [3.63, 3.8) is 0 Å². The van der Waals surface area contributed by atoms with Crippen LogP contribution < -0.4 is 9.64 Å². The molecular formula is C19H14F9NO3. The summed E-state index contributed by atoms with van der Waals surface area (Å²) < 4.78 is 118. The number of alkyl halides is 9. The van der Waals surface area contributed by atoms with E-state index in [9.17, 15) is 49.4 Å². The van der Waals surface area contributed by atoms with Gasteiger partial charge in [0.05, 0.1) is 0 Å². The summed E-state index contributed by atoms with van der Waals surface area (Å²) in [7, 11) is 0. The third kappa shape index (κ3) is 5.09. The lowest BCUT2D eigenvalue weighted by molar-refractivity contribution is -0.376. The summed E-state index contributed by atoms with van der Waals surface area (Å²) in [5, 5.41) is 9.41. The number of carbonyl (C=O) groups is 1. The van der Waals surface area contributed by atoms with Gasteiger partial charge >= 0.3 is 18.7 Å². The first-order valence-electron chi connectivity index (χ1n) is 8.65. The molecule has 0 aliphatic rings. The lowest BCUT2D eigenvalue weighted by atomic mass is 9.92. The molecule has 0 aromatic heterocycles. The quantitative estimate of drug-likeness (QED) is 0.576. The van der Waals surface area contributed by atoms with Crippen LogP contribution in [0.3, 0.4) is 0 Å². The van der Waals surface area contributed by atoms with Crippen molar-refractivity contribution in [2.75, 3.05) is 11.4 Å². The third-order valence-electron chi connectivity index (χ3n) is 4.31. The topological polar surface area (TPSA) is 49.8 Å². The molecule has 1 N–H and O–H groups in total. The van der Waals surface area contributed by atoms with Crippen LogP contribution in [0.5, 0.6) is 5.75 Å². The first-order valence-corrected chi connectivity index (χ1v) is 8.65. The van der Waals surface area contributed by atoms with E-state index < -0.39 is 41.5 Å². The average Bonchev–Trinajstić information content (AvgIpc) is 2.66. The van der Waals surface area contributed by atoms with Crippen LogP contribution in [0, 0.1) is 0 Å². The highest BCUT2D eigenvalue weighted by Crippen LogP contribution is 2.50. The number of hydrogen-bond acceptors (Lipinski definition) is 3. The molecule has 1 amide bonds. The van der Waals surface area contributed by atoms with Crippen molar-refractivity contribution in [2.24, 2.45) is 0 Å². The van der Waals surface area contributed by atoms with Crippen molar-refractivity contribution in [3.8, 4) is 5.75 Å². The molecule has 13 heteroatoms. The summed E-state index contributed by atoms with van der Waals surface area (Å²) >= 11 is 0. The van der Waals surface area contributed by atoms with Crippen LogP contribution in [0.25, 0.3) is 0 Å². The maximum Gasteiger partial charge on any atom is 0.573 e. The van der Waals surface area contributed by atoms with Gasteiger partial charge in [-0.3, -0.25) is 4.79 Å². The van der Waals surface area contributed by atoms with Gasteiger partial charge in [-0.25, -0.2) is 0 Å². The van der Waals surface area contributed by atoms with E-state index in [-0.39, 0.29) is 17.8 Å². The van der Waals surface area contributed by atoms with Crippen LogP contribution >= 0.6 is 0 Å². The molecule has 4 nitrogen and oxygen atoms in total. The number of nitrogens with zero attached hydrogens (tertiary/aromatic N) is 1. The molecular weight excluding hydrogens is 461 g/mol. The molecule has 0 fully saturated rings. The molecule has 0 saturated carbocycles. The SMILES string of the molecule is CCN(C(=O)c1ccc(OC(F)(F)F)cc1)c1ccc(C(O)(C(F)(F)F)C(F)(F)F)cc1. The highest BCUT2D eigenvalue weighted by Gasteiger charge is 2.71. The normalized spacial score (nSPS) is 13.1. The largest absolute Gasteiger partial charge is 0.573 e. The Morgan fingerprint density at radius 1 is 0.844 bits per heavy atom. The van der Waals surface area contributed by atoms with Crippen molar-refractivity contribution in [1.82, 2.24) is 0 Å². The zero-order valence-corrected chi connectivity index (χ0v) is 15.9. The maximum absolute atomic E-state index is 13.0. The van der Waals surface area contributed by atoms with Crippen LogP contribution in [0.15, 0.2) is 48.5 Å². The van der Waals surface area contributed by atoms with Gasteiger partial charge in [0.1, 0.15) is 5.75 Å². The minimum absolute atomic E-state index is 0.0816. The van der Waals surface area contributed by atoms with Crippen molar-refractivity contribution in [2.45, 2.75) is 31.2 Å². The van der Waals surface area contributed by atoms with Crippen LogP contribution in [-0.4, -0.2) is 36.3 Å². The van der Waals surface area contributed by atoms with Crippen LogP contribution in [0.4, 0.5) is 45.2 Å². The Labute approximate surface area is 174 Å². The average molecular weight is 475 g/mol. The van der Waals surface area contributed by atoms with Crippen molar-refractivity contribution < 1.29 is 54.2 Å². The number of aliphatic hydroxyl groups is 1. The van der Waals surface area contributed by atoms with Gasteiger partial charge in [0.2, 0.25) is 0 Å². The summed E-state index contributed by atoms with van der Waals surface area (Å²) in [6.45, 7) is 1.37. The fraction of sp³-hybridized carbons (Fsp3) is 0.316. The van der Waals surface area contributed by atoms with E-state index in [1.807, 2.05) is 0 Å². The summed E-state index contributed by atoms with van der Waals surface area (Å²) in [6.07, 6.45) is -17.1. The minimum atomic E-state index is -6.06. The molecule has 0 aliphatic carbocycles. The highest BCUT2D eigenvalue weighted by atomic mass is 19.4. The van der Waals surface area contributed by atoms with Gasteiger partial charge in [-0.05, 0) is 43.3 Å². The fourth-order valence-corrected chi connectivity index (χ4v) is 2.77. The number of rotatable bonds is 5. The van der Waals surface area contributed by atoms with E-state index in [4.69, 9.17) is 0 Å². The summed E-state index contributed by atoms with van der Waals surface area (Å²) in [5.41, 5.74) is -6.84. The number of ether oxygens (including phenoxy) is 1. The van der Waals surface area contributed by atoms with Crippen molar-refractivity contribution >= 4 is 11.6 Å². The third-order valence-corrected chi connectivity index (χ3v) is 4.31. The number of halogens is 9. The van der Waals surface area contributed by atoms with E-state index in [0.29, 0.717) is 12.1 Å². The van der Waals surface area contributed by atoms with Gasteiger partial charge < -0.3 is 14.7 Å². The van der Waals surface area contributed by atoms with E-state index in [2.05, 4.69) is 4.74 Å². The molecule has 0 bridgehead atoms. The summed E-state index contributed by atoms with van der Waals surface area (Å²) in [4.78, 5) is 13.6. The van der Waals surface area contributed by atoms with E-state index >= 15 is 0 Å². The van der Waals surface area contributed by atoms with Crippen LogP contribution in [0.1, 0.15) is 22.8 Å². The lowest BCUT2D eigenvalue weighted by Gasteiger charge is -2.33. The summed E-state index contributed by atoms with van der Waals surface area (Å²) in [6, 6.07) is 6.06. The monoisotopic (exact) mass is 475 g/mol. The Kier molecular flexibility index (Phi) is 6.74. The zero-order valence-electron chi connectivity index (χ0n) is 15.9. The zero-order chi connectivity index (χ0) is 24.5. The molecule has 0 atom stereocenters. The van der Waals surface area contributed by atoms with E-state index in [1.165, 1.54) is 6.92 Å². The van der Waals surface area contributed by atoms with E-state index in [1.54, 1.807) is 0 Å². The second-order valence-corrected chi connectivity index (χ2v) is 6.37. The van der Waals surface area contributed by atoms with Gasteiger partial charge in [-0.15, -0.1) is 13.2 Å². The molecule has 0 unspecified atom stereocenters. The molecule has 2 aromatic carbocycles. The molecule has 2 aromatic rings. The molecule has 0 aliphatic heterocycles. The standard InChI is InChI=1S/C19H14F9NO3/c1-2-29(15(30)11-3-9-14(10-4-11)32-19(26,27)28)13-7-5-12(6-8-13)16(31,17(20,21)22)18(23,24)25/h3-10,31H,2H2,1H3. The lowest BCUT2D eigenvalue weighted by Crippen LogP contribution is -2.53. The van der Waals surface area contributed by atoms with Crippen LogP contribution in [-0.2, 0) is 5.60 Å². The van der Waals surface area contributed by atoms with Crippen molar-refractivity contribution in [1.29, 1.82) is 0 Å².